The molecule has 0 atom stereocenters. The van der Waals surface area contributed by atoms with Crippen LogP contribution in [-0.4, -0.2) is 21.4 Å². The molecule has 0 aliphatic heterocycles. The van der Waals surface area contributed by atoms with Gasteiger partial charge in [0.05, 0.1) is 4.92 Å². The molecule has 0 aromatic carbocycles. The first-order valence-corrected chi connectivity index (χ1v) is 5.82. The highest BCUT2D eigenvalue weighted by Gasteiger charge is 2.40. The Bertz CT molecular complexity index is 460. The number of rotatable bonds is 6. The highest BCUT2D eigenvalue weighted by atomic mass is 16.6. The van der Waals surface area contributed by atoms with Gasteiger partial charge >= 0.3 is 5.69 Å². The van der Waals surface area contributed by atoms with Crippen LogP contribution in [0.4, 0.5) is 17.5 Å². The molecular formula is C10H16N6O2. The van der Waals surface area contributed by atoms with Crippen molar-refractivity contribution in [1.82, 2.24) is 9.97 Å². The predicted molar refractivity (Wildman–Crippen MR) is 66.9 cm³/mol. The van der Waals surface area contributed by atoms with Crippen molar-refractivity contribution in [2.24, 2.45) is 11.3 Å². The highest BCUT2D eigenvalue weighted by Crippen LogP contribution is 2.48. The number of nitrogen functional groups attached to an aromatic ring is 1. The summed E-state index contributed by atoms with van der Waals surface area (Å²) < 4.78 is 0. The second-order valence-electron chi connectivity index (χ2n) is 4.54. The molecule has 0 unspecified atom stereocenters. The third-order valence-corrected chi connectivity index (χ3v) is 3.43. The van der Waals surface area contributed by atoms with Crippen LogP contribution in [-0.2, 0) is 0 Å². The Morgan fingerprint density at radius 3 is 2.83 bits per heavy atom. The number of nitro groups is 1. The molecule has 2 rings (SSSR count). The first-order valence-electron chi connectivity index (χ1n) is 5.82. The lowest BCUT2D eigenvalue weighted by Crippen LogP contribution is -2.18. The van der Waals surface area contributed by atoms with Crippen molar-refractivity contribution in [3.63, 3.8) is 0 Å². The number of nitrogens with one attached hydrogen (secondary N) is 2. The summed E-state index contributed by atoms with van der Waals surface area (Å²) in [5.41, 5.74) is 2.41. The van der Waals surface area contributed by atoms with Crippen molar-refractivity contribution in [3.05, 3.63) is 16.3 Å². The fourth-order valence-electron chi connectivity index (χ4n) is 1.81. The van der Waals surface area contributed by atoms with E-state index in [2.05, 4.69) is 27.6 Å². The molecule has 1 heterocycles. The Morgan fingerprint density at radius 1 is 1.61 bits per heavy atom. The molecule has 1 saturated carbocycles. The minimum atomic E-state index is -0.506. The Labute approximate surface area is 104 Å². The predicted octanol–water partition coefficient (Wildman–Crippen LogP) is 1.27. The van der Waals surface area contributed by atoms with Crippen LogP contribution in [0.5, 0.6) is 0 Å². The van der Waals surface area contributed by atoms with Crippen LogP contribution >= 0.6 is 0 Å². The topological polar surface area (TPSA) is 119 Å². The van der Waals surface area contributed by atoms with Crippen molar-refractivity contribution in [2.45, 2.75) is 26.2 Å². The first-order chi connectivity index (χ1) is 8.60. The van der Waals surface area contributed by atoms with Gasteiger partial charge in [0.15, 0.2) is 0 Å². The van der Waals surface area contributed by atoms with Crippen LogP contribution in [0, 0.1) is 15.5 Å². The summed E-state index contributed by atoms with van der Waals surface area (Å²) in [5.74, 6) is 5.56. The molecule has 98 valence electrons. The Balaban J connectivity index is 2.16. The number of hydrazine groups is 1. The van der Waals surface area contributed by atoms with Gasteiger partial charge in [-0.15, -0.1) is 0 Å². The summed E-state index contributed by atoms with van der Waals surface area (Å²) in [6, 6.07) is 0. The minimum absolute atomic E-state index is 0.138. The number of hydrogen-bond donors (Lipinski definition) is 3. The number of hydrogen-bond acceptors (Lipinski definition) is 7. The van der Waals surface area contributed by atoms with Crippen LogP contribution in [0.2, 0.25) is 0 Å². The minimum Gasteiger partial charge on any atom is -0.364 e. The summed E-state index contributed by atoms with van der Waals surface area (Å²) in [5, 5.41) is 13.9. The summed E-state index contributed by atoms with van der Waals surface area (Å²) in [4.78, 5) is 18.1. The van der Waals surface area contributed by atoms with E-state index in [0.29, 0.717) is 6.54 Å². The fourth-order valence-corrected chi connectivity index (χ4v) is 1.81. The third kappa shape index (κ3) is 2.48. The van der Waals surface area contributed by atoms with E-state index in [-0.39, 0.29) is 22.9 Å². The van der Waals surface area contributed by atoms with Gasteiger partial charge in [-0.3, -0.25) is 15.5 Å². The fraction of sp³-hybridized carbons (Fsp3) is 0.600. The van der Waals surface area contributed by atoms with Crippen molar-refractivity contribution in [3.8, 4) is 0 Å². The third-order valence-electron chi connectivity index (χ3n) is 3.43. The van der Waals surface area contributed by atoms with Crippen molar-refractivity contribution in [2.75, 3.05) is 17.3 Å². The van der Waals surface area contributed by atoms with Gasteiger partial charge in [-0.25, -0.2) is 10.8 Å². The van der Waals surface area contributed by atoms with Gasteiger partial charge in [-0.2, -0.15) is 4.98 Å². The van der Waals surface area contributed by atoms with E-state index in [1.54, 1.807) is 0 Å². The van der Waals surface area contributed by atoms with E-state index < -0.39 is 4.92 Å². The smallest absolute Gasteiger partial charge is 0.329 e. The summed E-state index contributed by atoms with van der Waals surface area (Å²) >= 11 is 0. The highest BCUT2D eigenvalue weighted by molar-refractivity contribution is 5.57. The number of nitrogens with two attached hydrogens (primary N) is 1. The molecule has 1 aliphatic carbocycles. The van der Waals surface area contributed by atoms with Crippen LogP contribution in [0.25, 0.3) is 0 Å². The van der Waals surface area contributed by atoms with Gasteiger partial charge in [0.2, 0.25) is 11.8 Å². The monoisotopic (exact) mass is 252 g/mol. The molecule has 4 N–H and O–H groups in total. The maximum Gasteiger partial charge on any atom is 0.329 e. The number of nitrogens with zero attached hydrogens (tertiary/aromatic N) is 3. The SMILES string of the molecule is CCC1(CNc2nc(NN)ncc2[N+](=O)[O-])CC1. The molecule has 18 heavy (non-hydrogen) atoms. The second-order valence-corrected chi connectivity index (χ2v) is 4.54. The molecule has 8 heteroatoms. The lowest BCUT2D eigenvalue weighted by molar-refractivity contribution is -0.384. The van der Waals surface area contributed by atoms with Crippen LogP contribution < -0.4 is 16.6 Å². The summed E-state index contributed by atoms with van der Waals surface area (Å²) in [6.45, 7) is 2.81. The van der Waals surface area contributed by atoms with Gasteiger partial charge in [-0.1, -0.05) is 6.92 Å². The Hall–Kier alpha value is -1.96. The number of aromatic nitrogens is 2. The van der Waals surface area contributed by atoms with Gasteiger partial charge in [-0.05, 0) is 24.7 Å². The van der Waals surface area contributed by atoms with Crippen LogP contribution in [0.15, 0.2) is 6.20 Å². The van der Waals surface area contributed by atoms with Gasteiger partial charge < -0.3 is 5.32 Å². The normalized spacial score (nSPS) is 16.1. The van der Waals surface area contributed by atoms with E-state index in [1.807, 2.05) is 0 Å². The maximum atomic E-state index is 10.9. The van der Waals surface area contributed by atoms with Gasteiger partial charge in [0.25, 0.3) is 0 Å². The van der Waals surface area contributed by atoms with E-state index in [9.17, 15) is 10.1 Å². The zero-order valence-corrected chi connectivity index (χ0v) is 10.1. The zero-order valence-electron chi connectivity index (χ0n) is 10.1. The first kappa shape index (κ1) is 12.5. The van der Waals surface area contributed by atoms with Gasteiger partial charge in [0.1, 0.15) is 6.20 Å². The van der Waals surface area contributed by atoms with Crippen LogP contribution in [0.1, 0.15) is 26.2 Å². The maximum absolute atomic E-state index is 10.9. The Morgan fingerprint density at radius 2 is 2.33 bits per heavy atom. The van der Waals surface area contributed by atoms with E-state index in [4.69, 9.17) is 5.84 Å². The van der Waals surface area contributed by atoms with E-state index in [1.165, 1.54) is 0 Å². The quantitative estimate of drug-likeness (QED) is 0.396. The van der Waals surface area contributed by atoms with E-state index in [0.717, 1.165) is 25.5 Å². The average Bonchev–Trinajstić information content (AvgIpc) is 3.16. The Kier molecular flexibility index (Phi) is 3.28. The molecule has 8 nitrogen and oxygen atoms in total. The second kappa shape index (κ2) is 4.73. The molecule has 1 aliphatic rings. The van der Waals surface area contributed by atoms with Crippen molar-refractivity contribution < 1.29 is 4.92 Å². The van der Waals surface area contributed by atoms with Crippen molar-refractivity contribution >= 4 is 17.5 Å². The molecule has 0 spiro atoms. The van der Waals surface area contributed by atoms with Gasteiger partial charge in [0, 0.05) is 6.54 Å². The average molecular weight is 252 g/mol. The summed E-state index contributed by atoms with van der Waals surface area (Å²) in [6.07, 6.45) is 4.51. The largest absolute Gasteiger partial charge is 0.364 e. The van der Waals surface area contributed by atoms with E-state index >= 15 is 0 Å². The standard InChI is InChI=1S/C10H16N6O2/c1-2-10(3-4-10)6-13-8-7(16(17)18)5-12-9(14-8)15-11/h5H,2-4,6,11H2,1H3,(H2,12,13,14,15). The molecule has 1 fully saturated rings. The zero-order chi connectivity index (χ0) is 13.2. The van der Waals surface area contributed by atoms with Crippen molar-refractivity contribution in [1.29, 1.82) is 0 Å². The molecular weight excluding hydrogens is 236 g/mol. The molecule has 0 bridgehead atoms. The lowest BCUT2D eigenvalue weighted by Gasteiger charge is -2.14. The molecule has 1 aromatic heterocycles. The lowest BCUT2D eigenvalue weighted by atomic mass is 10.0. The molecule has 0 radical (unpaired) electrons. The molecule has 1 aromatic rings. The molecule has 0 saturated heterocycles. The number of anilines is 2. The van der Waals surface area contributed by atoms with Crippen LogP contribution in [0.3, 0.4) is 0 Å². The molecule has 0 amide bonds. The summed E-state index contributed by atoms with van der Waals surface area (Å²) in [7, 11) is 0.